The molecule has 1 aromatic carbocycles. The van der Waals surface area contributed by atoms with Crippen LogP contribution in [-0.4, -0.2) is 7.11 Å². The molecule has 1 atom stereocenters. The summed E-state index contributed by atoms with van der Waals surface area (Å²) in [6.07, 6.45) is 5.04. The van der Waals surface area contributed by atoms with E-state index in [-0.39, 0.29) is 6.04 Å². The largest absolute Gasteiger partial charge is 0.495 e. The van der Waals surface area contributed by atoms with Gasteiger partial charge in [0.1, 0.15) is 5.75 Å². The van der Waals surface area contributed by atoms with Crippen LogP contribution in [0.25, 0.3) is 0 Å². The summed E-state index contributed by atoms with van der Waals surface area (Å²) in [5.74, 6) is 2.16. The van der Waals surface area contributed by atoms with Gasteiger partial charge in [0.15, 0.2) is 0 Å². The lowest BCUT2D eigenvalue weighted by Gasteiger charge is -2.31. The Morgan fingerprint density at radius 2 is 1.94 bits per heavy atom. The molecule has 0 aromatic heterocycles. The van der Waals surface area contributed by atoms with Crippen molar-refractivity contribution in [2.24, 2.45) is 17.6 Å². The van der Waals surface area contributed by atoms with E-state index >= 15 is 0 Å². The van der Waals surface area contributed by atoms with Gasteiger partial charge in [0.2, 0.25) is 0 Å². The first kappa shape index (κ1) is 13.7. The van der Waals surface area contributed by atoms with E-state index in [2.05, 4.69) is 6.92 Å². The summed E-state index contributed by atoms with van der Waals surface area (Å²) >= 11 is 6.16. The molecule has 18 heavy (non-hydrogen) atoms. The smallest absolute Gasteiger partial charge is 0.137 e. The van der Waals surface area contributed by atoms with E-state index < -0.39 is 0 Å². The highest BCUT2D eigenvalue weighted by Crippen LogP contribution is 2.37. The number of hydrogen-bond donors (Lipinski definition) is 1. The topological polar surface area (TPSA) is 35.2 Å². The van der Waals surface area contributed by atoms with Crippen LogP contribution in [0.5, 0.6) is 5.75 Å². The van der Waals surface area contributed by atoms with Crippen molar-refractivity contribution < 1.29 is 4.74 Å². The molecule has 1 unspecified atom stereocenters. The first-order chi connectivity index (χ1) is 8.61. The van der Waals surface area contributed by atoms with Crippen molar-refractivity contribution in [1.82, 2.24) is 0 Å². The lowest BCUT2D eigenvalue weighted by molar-refractivity contribution is 0.256. The van der Waals surface area contributed by atoms with E-state index in [4.69, 9.17) is 22.1 Å². The van der Waals surface area contributed by atoms with Crippen LogP contribution >= 0.6 is 11.6 Å². The lowest BCUT2D eigenvalue weighted by Crippen LogP contribution is -2.25. The molecule has 0 radical (unpaired) electrons. The highest BCUT2D eigenvalue weighted by molar-refractivity contribution is 6.32. The van der Waals surface area contributed by atoms with Crippen LogP contribution in [0.1, 0.15) is 44.2 Å². The molecule has 2 N–H and O–H groups in total. The van der Waals surface area contributed by atoms with Gasteiger partial charge in [-0.15, -0.1) is 0 Å². The molecule has 1 aliphatic carbocycles. The number of rotatable bonds is 3. The second-order valence-electron chi connectivity index (χ2n) is 5.44. The summed E-state index contributed by atoms with van der Waals surface area (Å²) in [4.78, 5) is 0. The van der Waals surface area contributed by atoms with Gasteiger partial charge in [-0.2, -0.15) is 0 Å². The van der Waals surface area contributed by atoms with E-state index in [0.717, 1.165) is 11.5 Å². The molecule has 1 saturated carbocycles. The van der Waals surface area contributed by atoms with Crippen molar-refractivity contribution >= 4 is 11.6 Å². The summed E-state index contributed by atoms with van der Waals surface area (Å²) in [6.45, 7) is 2.33. The average Bonchev–Trinajstić information content (AvgIpc) is 2.38. The summed E-state index contributed by atoms with van der Waals surface area (Å²) in [5, 5.41) is 0.648. The van der Waals surface area contributed by atoms with Crippen LogP contribution in [0.2, 0.25) is 5.02 Å². The van der Waals surface area contributed by atoms with Gasteiger partial charge >= 0.3 is 0 Å². The van der Waals surface area contributed by atoms with Gasteiger partial charge < -0.3 is 10.5 Å². The van der Waals surface area contributed by atoms with Crippen LogP contribution in [-0.2, 0) is 0 Å². The molecule has 0 bridgehead atoms. The van der Waals surface area contributed by atoms with E-state index in [1.165, 1.54) is 25.7 Å². The quantitative estimate of drug-likeness (QED) is 0.892. The molecule has 2 rings (SSSR count). The zero-order valence-electron chi connectivity index (χ0n) is 11.2. The fraction of sp³-hybridized carbons (Fsp3) is 0.600. The number of halogens is 1. The number of ether oxygens (including phenoxy) is 1. The maximum Gasteiger partial charge on any atom is 0.137 e. The molecule has 1 aromatic rings. The lowest BCUT2D eigenvalue weighted by atomic mass is 9.78. The maximum atomic E-state index is 6.38. The van der Waals surface area contributed by atoms with Crippen molar-refractivity contribution in [2.75, 3.05) is 7.11 Å². The molecular weight excluding hydrogens is 246 g/mol. The third-order valence-corrected chi connectivity index (χ3v) is 4.42. The Bertz CT molecular complexity index is 399. The third kappa shape index (κ3) is 2.99. The SMILES string of the molecule is COc1ccc(C(N)C2CCC(C)CC2)cc1Cl. The number of nitrogens with two attached hydrogens (primary N) is 1. The van der Waals surface area contributed by atoms with Crippen molar-refractivity contribution in [3.63, 3.8) is 0 Å². The van der Waals surface area contributed by atoms with E-state index in [1.54, 1.807) is 7.11 Å². The summed E-state index contributed by atoms with van der Waals surface area (Å²) < 4.78 is 5.17. The maximum absolute atomic E-state index is 6.38. The van der Waals surface area contributed by atoms with Crippen molar-refractivity contribution in [3.05, 3.63) is 28.8 Å². The van der Waals surface area contributed by atoms with E-state index in [9.17, 15) is 0 Å². The first-order valence-corrected chi connectivity index (χ1v) is 7.08. The second-order valence-corrected chi connectivity index (χ2v) is 5.85. The van der Waals surface area contributed by atoms with E-state index in [1.807, 2.05) is 18.2 Å². The summed E-state index contributed by atoms with van der Waals surface area (Å²) in [7, 11) is 1.63. The Kier molecular flexibility index (Phi) is 4.52. The minimum atomic E-state index is 0.0981. The van der Waals surface area contributed by atoms with E-state index in [0.29, 0.717) is 16.7 Å². The standard InChI is InChI=1S/C15H22ClNO/c1-10-3-5-11(6-4-10)15(17)12-7-8-14(18-2)13(16)9-12/h7-11,15H,3-6,17H2,1-2H3. The zero-order chi connectivity index (χ0) is 13.1. The fourth-order valence-corrected chi connectivity index (χ4v) is 3.07. The molecule has 100 valence electrons. The summed E-state index contributed by atoms with van der Waals surface area (Å²) in [5.41, 5.74) is 7.50. The predicted octanol–water partition coefficient (Wildman–Crippen LogP) is 4.17. The van der Waals surface area contributed by atoms with Gasteiger partial charge in [0, 0.05) is 6.04 Å². The van der Waals surface area contributed by atoms with Crippen molar-refractivity contribution in [2.45, 2.75) is 38.6 Å². The molecule has 0 spiro atoms. The van der Waals surface area contributed by atoms with Gasteiger partial charge in [0.25, 0.3) is 0 Å². The summed E-state index contributed by atoms with van der Waals surface area (Å²) in [6, 6.07) is 5.99. The minimum Gasteiger partial charge on any atom is -0.495 e. The van der Waals surface area contributed by atoms with Gasteiger partial charge in [0.05, 0.1) is 12.1 Å². The monoisotopic (exact) mass is 267 g/mol. The van der Waals surface area contributed by atoms with Gasteiger partial charge in [-0.3, -0.25) is 0 Å². The number of methoxy groups -OCH3 is 1. The molecule has 3 heteroatoms. The molecule has 0 aliphatic heterocycles. The minimum absolute atomic E-state index is 0.0981. The second kappa shape index (κ2) is 5.94. The van der Waals surface area contributed by atoms with Gasteiger partial charge in [-0.25, -0.2) is 0 Å². The highest BCUT2D eigenvalue weighted by atomic mass is 35.5. The predicted molar refractivity (Wildman–Crippen MR) is 76.1 cm³/mol. The highest BCUT2D eigenvalue weighted by Gasteiger charge is 2.25. The molecule has 0 heterocycles. The average molecular weight is 268 g/mol. The Balaban J connectivity index is 2.08. The Morgan fingerprint density at radius 3 is 2.50 bits per heavy atom. The molecule has 0 saturated heterocycles. The molecule has 1 fully saturated rings. The van der Waals surface area contributed by atoms with Crippen LogP contribution in [0, 0.1) is 11.8 Å². The molecule has 1 aliphatic rings. The fourth-order valence-electron chi connectivity index (χ4n) is 2.81. The first-order valence-electron chi connectivity index (χ1n) is 6.71. The molecule has 2 nitrogen and oxygen atoms in total. The van der Waals surface area contributed by atoms with Crippen LogP contribution in [0.4, 0.5) is 0 Å². The van der Waals surface area contributed by atoms with Crippen molar-refractivity contribution in [1.29, 1.82) is 0 Å². The van der Waals surface area contributed by atoms with Crippen LogP contribution in [0.15, 0.2) is 18.2 Å². The van der Waals surface area contributed by atoms with Crippen molar-refractivity contribution in [3.8, 4) is 5.75 Å². The normalized spacial score (nSPS) is 25.8. The third-order valence-electron chi connectivity index (χ3n) is 4.13. The van der Waals surface area contributed by atoms with Gasteiger partial charge in [-0.1, -0.05) is 37.4 Å². The molecule has 0 amide bonds. The Morgan fingerprint density at radius 1 is 1.28 bits per heavy atom. The number of benzene rings is 1. The Hall–Kier alpha value is -0.730. The Labute approximate surface area is 114 Å². The van der Waals surface area contributed by atoms with Gasteiger partial charge in [-0.05, 0) is 42.4 Å². The zero-order valence-corrected chi connectivity index (χ0v) is 11.9. The van der Waals surface area contributed by atoms with Crippen LogP contribution < -0.4 is 10.5 Å². The number of hydrogen-bond acceptors (Lipinski definition) is 2. The van der Waals surface area contributed by atoms with Crippen LogP contribution in [0.3, 0.4) is 0 Å². The molecular formula is C15H22ClNO.